The van der Waals surface area contributed by atoms with Crippen LogP contribution in [0.2, 0.25) is 0 Å². The van der Waals surface area contributed by atoms with Crippen LogP contribution in [0.15, 0.2) is 48.5 Å². The van der Waals surface area contributed by atoms with Crippen LogP contribution in [0, 0.1) is 0 Å². The average molecular weight is 355 g/mol. The predicted octanol–water partition coefficient (Wildman–Crippen LogP) is 1.57. The van der Waals surface area contributed by atoms with Crippen molar-refractivity contribution in [3.63, 3.8) is 0 Å². The topological polar surface area (TPSA) is 93.1 Å². The number of rotatable bonds is 5. The molecule has 2 unspecified atom stereocenters. The van der Waals surface area contributed by atoms with E-state index < -0.39 is 29.9 Å². The molecule has 2 aromatic rings. The summed E-state index contributed by atoms with van der Waals surface area (Å²) >= 11 is 0. The molecule has 3 rings (SSSR count). The second-order valence-corrected chi connectivity index (χ2v) is 5.71. The molecule has 7 nitrogen and oxygen atoms in total. The fraction of sp³-hybridized carbons (Fsp3) is 0.211. The summed E-state index contributed by atoms with van der Waals surface area (Å²) in [5.74, 6) is -1.61. The molecule has 0 saturated heterocycles. The van der Waals surface area contributed by atoms with Gasteiger partial charge >= 0.3 is 5.97 Å². The smallest absolute Gasteiger partial charge is 0.332 e. The fourth-order valence-corrected chi connectivity index (χ4v) is 2.94. The van der Waals surface area contributed by atoms with E-state index in [-0.39, 0.29) is 11.1 Å². The minimum absolute atomic E-state index is 0.188. The maximum absolute atomic E-state index is 12.7. The molecule has 0 fully saturated rings. The summed E-state index contributed by atoms with van der Waals surface area (Å²) in [6.07, 6.45) is -1.45. The van der Waals surface area contributed by atoms with Crippen molar-refractivity contribution in [3.8, 4) is 5.75 Å². The number of esters is 1. The van der Waals surface area contributed by atoms with Crippen molar-refractivity contribution in [1.82, 2.24) is 4.90 Å². The summed E-state index contributed by atoms with van der Waals surface area (Å²) < 4.78 is 9.80. The summed E-state index contributed by atoms with van der Waals surface area (Å²) in [5.41, 5.74) is 0.722. The van der Waals surface area contributed by atoms with Gasteiger partial charge in [0.25, 0.3) is 11.8 Å². The molecule has 26 heavy (non-hydrogen) atoms. The van der Waals surface area contributed by atoms with Gasteiger partial charge in [0, 0.05) is 0 Å². The van der Waals surface area contributed by atoms with Gasteiger partial charge in [0.05, 0.1) is 25.3 Å². The van der Waals surface area contributed by atoms with Crippen LogP contribution in [0.25, 0.3) is 0 Å². The molecule has 1 aliphatic heterocycles. The number of carbonyl (C=O) groups excluding carboxylic acids is 3. The Morgan fingerprint density at radius 3 is 1.96 bits per heavy atom. The van der Waals surface area contributed by atoms with Gasteiger partial charge in [-0.15, -0.1) is 0 Å². The van der Waals surface area contributed by atoms with Gasteiger partial charge < -0.3 is 14.6 Å². The molecule has 2 atom stereocenters. The standard InChI is InChI=1S/C19H17NO6/c1-25-12-9-7-11(8-10-12)16(21)15(19(24)26-2)20-17(22)13-5-3-4-6-14(13)18(20)23/h3-10,15-16,21H,1-2H3. The zero-order valence-corrected chi connectivity index (χ0v) is 14.2. The molecular formula is C19H17NO6. The first kappa shape index (κ1) is 17.6. The molecule has 0 spiro atoms. The molecule has 1 N–H and O–H groups in total. The van der Waals surface area contributed by atoms with Crippen molar-refractivity contribution >= 4 is 17.8 Å². The number of methoxy groups -OCH3 is 2. The number of aliphatic hydroxyl groups is 1. The van der Waals surface area contributed by atoms with Crippen molar-refractivity contribution in [3.05, 3.63) is 65.2 Å². The van der Waals surface area contributed by atoms with Crippen LogP contribution in [0.4, 0.5) is 0 Å². The highest BCUT2D eigenvalue weighted by molar-refractivity contribution is 6.22. The molecule has 0 aliphatic carbocycles. The number of ether oxygens (including phenoxy) is 2. The number of benzene rings is 2. The third-order valence-corrected chi connectivity index (χ3v) is 4.30. The number of aliphatic hydroxyl groups excluding tert-OH is 1. The number of carbonyl (C=O) groups is 3. The van der Waals surface area contributed by atoms with Gasteiger partial charge in [-0.3, -0.25) is 14.5 Å². The van der Waals surface area contributed by atoms with E-state index in [1.807, 2.05) is 0 Å². The number of hydrogen-bond donors (Lipinski definition) is 1. The Morgan fingerprint density at radius 1 is 0.962 bits per heavy atom. The van der Waals surface area contributed by atoms with Gasteiger partial charge in [-0.05, 0) is 29.8 Å². The Bertz CT molecular complexity index is 826. The predicted molar refractivity (Wildman–Crippen MR) is 90.7 cm³/mol. The maximum Gasteiger partial charge on any atom is 0.332 e. The Balaban J connectivity index is 2.00. The number of imide groups is 1. The molecule has 7 heteroatoms. The molecule has 0 radical (unpaired) electrons. The molecule has 1 aliphatic rings. The van der Waals surface area contributed by atoms with E-state index in [1.165, 1.54) is 19.2 Å². The summed E-state index contributed by atoms with van der Waals surface area (Å²) in [4.78, 5) is 38.4. The number of nitrogens with zero attached hydrogens (tertiary/aromatic N) is 1. The maximum atomic E-state index is 12.7. The normalized spacial score (nSPS) is 15.4. The van der Waals surface area contributed by atoms with Crippen LogP contribution in [0.1, 0.15) is 32.4 Å². The third-order valence-electron chi connectivity index (χ3n) is 4.30. The minimum atomic E-state index is -1.50. The lowest BCUT2D eigenvalue weighted by atomic mass is 10.0. The van der Waals surface area contributed by atoms with Gasteiger partial charge in [-0.25, -0.2) is 4.79 Å². The van der Waals surface area contributed by atoms with Gasteiger partial charge in [-0.1, -0.05) is 24.3 Å². The highest BCUT2D eigenvalue weighted by Gasteiger charge is 2.46. The van der Waals surface area contributed by atoms with Gasteiger partial charge in [0.1, 0.15) is 11.9 Å². The zero-order chi connectivity index (χ0) is 18.8. The monoisotopic (exact) mass is 355 g/mol. The first-order chi connectivity index (χ1) is 12.5. The SMILES string of the molecule is COC(=O)C(C(O)c1ccc(OC)cc1)N1C(=O)c2ccccc2C1=O. The van der Waals surface area contributed by atoms with E-state index in [2.05, 4.69) is 0 Å². The van der Waals surface area contributed by atoms with E-state index in [0.29, 0.717) is 11.3 Å². The van der Waals surface area contributed by atoms with E-state index in [1.54, 1.807) is 36.4 Å². The van der Waals surface area contributed by atoms with Crippen LogP contribution < -0.4 is 4.74 Å². The second-order valence-electron chi connectivity index (χ2n) is 5.71. The summed E-state index contributed by atoms with van der Waals surface area (Å²) in [5, 5.41) is 10.7. The molecular weight excluding hydrogens is 338 g/mol. The van der Waals surface area contributed by atoms with Crippen LogP contribution in [-0.2, 0) is 9.53 Å². The average Bonchev–Trinajstić information content (AvgIpc) is 2.93. The molecule has 0 aromatic heterocycles. The van der Waals surface area contributed by atoms with Crippen molar-refractivity contribution in [2.75, 3.05) is 14.2 Å². The number of fused-ring (bicyclic) bond motifs is 1. The number of amides is 2. The van der Waals surface area contributed by atoms with Gasteiger partial charge in [0.2, 0.25) is 0 Å². The largest absolute Gasteiger partial charge is 0.497 e. The van der Waals surface area contributed by atoms with E-state index in [4.69, 9.17) is 9.47 Å². The first-order valence-electron chi connectivity index (χ1n) is 7.86. The number of hydrogen-bond acceptors (Lipinski definition) is 6. The van der Waals surface area contributed by atoms with E-state index >= 15 is 0 Å². The van der Waals surface area contributed by atoms with Crippen molar-refractivity contribution in [2.24, 2.45) is 0 Å². The van der Waals surface area contributed by atoms with Gasteiger partial charge in [0.15, 0.2) is 6.04 Å². The van der Waals surface area contributed by atoms with Crippen LogP contribution in [0.5, 0.6) is 5.75 Å². The van der Waals surface area contributed by atoms with Gasteiger partial charge in [-0.2, -0.15) is 0 Å². The molecule has 2 amide bonds. The lowest BCUT2D eigenvalue weighted by Gasteiger charge is -2.28. The lowest BCUT2D eigenvalue weighted by Crippen LogP contribution is -2.49. The van der Waals surface area contributed by atoms with Crippen molar-refractivity contribution < 1.29 is 29.0 Å². The molecule has 1 heterocycles. The molecule has 0 saturated carbocycles. The Kier molecular flexibility index (Phi) is 4.73. The fourth-order valence-electron chi connectivity index (χ4n) is 2.94. The molecule has 2 aromatic carbocycles. The Labute approximate surface area is 149 Å². The zero-order valence-electron chi connectivity index (χ0n) is 14.2. The quantitative estimate of drug-likeness (QED) is 0.646. The second kappa shape index (κ2) is 6.97. The minimum Gasteiger partial charge on any atom is -0.497 e. The molecule has 134 valence electrons. The summed E-state index contributed by atoms with van der Waals surface area (Å²) in [7, 11) is 2.63. The first-order valence-corrected chi connectivity index (χ1v) is 7.86. The van der Waals surface area contributed by atoms with Crippen LogP contribution in [-0.4, -0.2) is 48.1 Å². The lowest BCUT2D eigenvalue weighted by molar-refractivity contribution is -0.149. The van der Waals surface area contributed by atoms with Crippen LogP contribution in [0.3, 0.4) is 0 Å². The Hall–Kier alpha value is -3.19. The third kappa shape index (κ3) is 2.82. The molecule has 0 bridgehead atoms. The van der Waals surface area contributed by atoms with E-state index in [0.717, 1.165) is 12.0 Å². The van der Waals surface area contributed by atoms with Crippen LogP contribution >= 0.6 is 0 Å². The highest BCUT2D eigenvalue weighted by atomic mass is 16.5. The summed E-state index contributed by atoms with van der Waals surface area (Å²) in [6.45, 7) is 0. The van der Waals surface area contributed by atoms with E-state index in [9.17, 15) is 19.5 Å². The summed E-state index contributed by atoms with van der Waals surface area (Å²) in [6, 6.07) is 11.1. The van der Waals surface area contributed by atoms with Crippen molar-refractivity contribution in [2.45, 2.75) is 12.1 Å². The van der Waals surface area contributed by atoms with Crippen molar-refractivity contribution in [1.29, 1.82) is 0 Å². The Morgan fingerprint density at radius 2 is 1.50 bits per heavy atom. The highest BCUT2D eigenvalue weighted by Crippen LogP contribution is 2.31.